The predicted octanol–water partition coefficient (Wildman–Crippen LogP) is 9.22. The molecule has 5 aliphatic rings. The zero-order valence-corrected chi connectivity index (χ0v) is 39.8. The van der Waals surface area contributed by atoms with Gasteiger partial charge in [0.1, 0.15) is 31.0 Å². The quantitative estimate of drug-likeness (QED) is 0.121. The minimum Gasteiger partial charge on any atom is -0.389 e. The highest BCUT2D eigenvalue weighted by atomic mass is 28.4. The minimum atomic E-state index is -2.38. The van der Waals surface area contributed by atoms with E-state index in [2.05, 4.69) is 48.5 Å². The van der Waals surface area contributed by atoms with E-state index < -0.39 is 81.0 Å². The molecule has 12 atom stereocenters. The molecule has 5 fully saturated rings. The van der Waals surface area contributed by atoms with Crippen LogP contribution in [0.25, 0.3) is 0 Å². The van der Waals surface area contributed by atoms with Crippen LogP contribution in [0.3, 0.4) is 0 Å². The first kappa shape index (κ1) is 46.9. The molecule has 3 aromatic rings. The number of hydrogen-bond donors (Lipinski definition) is 0. The standard InChI is InChI=1S/C50H70O12Si/c1-32(2)63(33(3)4,34(5)6)62-47-44-42(57-48(9,10)58-44)41(36(8)55-47)56-46-43(53-28-38-22-16-12-17-23-38)40(35(7)26-54-46)59-50-31-52-30-49(50,29-51-27-37-20-14-11-15-21-37)60-45(61-50)39-24-18-13-19-25-39/h11-25,32-36,40-47H,26-31H2,1-10H3/t35-,36?,40?,41+,42?,43-,44+,45-,46+,47+,49+,50?/m1/s1. The Balaban J connectivity index is 1.09. The van der Waals surface area contributed by atoms with Crippen molar-refractivity contribution in [3.8, 4) is 0 Å². The van der Waals surface area contributed by atoms with Gasteiger partial charge in [-0.3, -0.25) is 0 Å². The van der Waals surface area contributed by atoms with Crippen molar-refractivity contribution < 1.29 is 56.5 Å². The van der Waals surface area contributed by atoms with Crippen molar-refractivity contribution >= 4 is 8.32 Å². The third-order valence-electron chi connectivity index (χ3n) is 13.6. The molecular formula is C50H70O12Si. The Morgan fingerprint density at radius 2 is 1.27 bits per heavy atom. The van der Waals surface area contributed by atoms with Crippen LogP contribution in [0.4, 0.5) is 0 Å². The molecule has 0 aromatic heterocycles. The number of benzene rings is 3. The molecule has 0 spiro atoms. The zero-order chi connectivity index (χ0) is 44.6. The Bertz CT molecular complexity index is 1880. The second-order valence-electron chi connectivity index (χ2n) is 19.5. The first-order valence-electron chi connectivity index (χ1n) is 23.1. The maximum Gasteiger partial charge on any atom is 0.229 e. The fourth-order valence-electron chi connectivity index (χ4n) is 10.6. The summed E-state index contributed by atoms with van der Waals surface area (Å²) in [6.07, 6.45) is -5.66. The monoisotopic (exact) mass is 890 g/mol. The summed E-state index contributed by atoms with van der Waals surface area (Å²) in [7, 11) is -2.38. The van der Waals surface area contributed by atoms with Crippen molar-refractivity contribution in [3.05, 3.63) is 108 Å². The summed E-state index contributed by atoms with van der Waals surface area (Å²) in [5.41, 5.74) is 2.88. The summed E-state index contributed by atoms with van der Waals surface area (Å²) >= 11 is 0. The highest BCUT2D eigenvalue weighted by Gasteiger charge is 2.69. The SMILES string of the molecule is CC1O[C@@H](O[Si](C(C)C)(C(C)C)C(C)C)[C@H]2OC(C)(C)OC2[C@H]1O[C@@H]1OC[C@@H](C)C(OC23COC[C@]2(COCc2ccccc2)O[C@@H](c2ccccc2)O3)[C@H]1OCc1ccccc1. The van der Waals surface area contributed by atoms with Gasteiger partial charge in [-0.1, -0.05) is 139 Å². The molecule has 5 heterocycles. The second-order valence-corrected chi connectivity index (χ2v) is 24.9. The van der Waals surface area contributed by atoms with E-state index in [1.165, 1.54) is 0 Å². The lowest BCUT2D eigenvalue weighted by Crippen LogP contribution is -2.64. The zero-order valence-electron chi connectivity index (χ0n) is 38.8. The average Bonchev–Trinajstić information content (AvgIpc) is 3.88. The van der Waals surface area contributed by atoms with Gasteiger partial charge < -0.3 is 56.5 Å². The van der Waals surface area contributed by atoms with Crippen LogP contribution in [0.2, 0.25) is 16.6 Å². The fourth-order valence-corrected chi connectivity index (χ4v) is 16.0. The van der Waals surface area contributed by atoms with Gasteiger partial charge in [0.25, 0.3) is 0 Å². The van der Waals surface area contributed by atoms with Gasteiger partial charge in [-0.15, -0.1) is 0 Å². The summed E-state index contributed by atoms with van der Waals surface area (Å²) in [6, 6.07) is 30.1. The molecule has 63 heavy (non-hydrogen) atoms. The molecule has 12 nitrogen and oxygen atoms in total. The molecule has 0 radical (unpaired) electrons. The molecule has 0 saturated carbocycles. The van der Waals surface area contributed by atoms with Crippen LogP contribution in [0, 0.1) is 5.92 Å². The van der Waals surface area contributed by atoms with Crippen LogP contribution in [-0.4, -0.2) is 101 Å². The predicted molar refractivity (Wildman–Crippen MR) is 238 cm³/mol. The van der Waals surface area contributed by atoms with E-state index in [0.717, 1.165) is 16.7 Å². The van der Waals surface area contributed by atoms with Crippen LogP contribution < -0.4 is 0 Å². The van der Waals surface area contributed by atoms with Crippen molar-refractivity contribution in [2.45, 2.75) is 172 Å². The summed E-state index contributed by atoms with van der Waals surface area (Å²) in [6.45, 7) is 23.1. The number of ether oxygens (including phenoxy) is 11. The van der Waals surface area contributed by atoms with Crippen molar-refractivity contribution in [1.29, 1.82) is 0 Å². The average molecular weight is 891 g/mol. The van der Waals surface area contributed by atoms with Crippen LogP contribution in [-0.2, 0) is 69.7 Å². The summed E-state index contributed by atoms with van der Waals surface area (Å²) in [5, 5.41) is 0. The van der Waals surface area contributed by atoms with E-state index in [4.69, 9.17) is 56.5 Å². The van der Waals surface area contributed by atoms with E-state index in [1.807, 2.05) is 112 Å². The van der Waals surface area contributed by atoms with Gasteiger partial charge >= 0.3 is 0 Å². The molecule has 8 rings (SSSR count). The highest BCUT2D eigenvalue weighted by Crippen LogP contribution is 2.53. The van der Waals surface area contributed by atoms with Gasteiger partial charge in [-0.25, -0.2) is 0 Å². The van der Waals surface area contributed by atoms with Crippen LogP contribution in [0.1, 0.15) is 92.2 Å². The van der Waals surface area contributed by atoms with Gasteiger partial charge in [0.15, 0.2) is 30.3 Å². The van der Waals surface area contributed by atoms with E-state index in [0.29, 0.717) is 29.8 Å². The lowest BCUT2D eigenvalue weighted by atomic mass is 9.93. The Morgan fingerprint density at radius 3 is 1.90 bits per heavy atom. The number of fused-ring (bicyclic) bond motifs is 2. The number of hydrogen-bond acceptors (Lipinski definition) is 12. The molecule has 0 bridgehead atoms. The molecule has 5 saturated heterocycles. The molecule has 3 aromatic carbocycles. The first-order valence-corrected chi connectivity index (χ1v) is 25.2. The minimum absolute atomic E-state index is 0.124. The second kappa shape index (κ2) is 19.3. The van der Waals surface area contributed by atoms with E-state index in [9.17, 15) is 0 Å². The molecular weight excluding hydrogens is 821 g/mol. The maximum atomic E-state index is 7.40. The van der Waals surface area contributed by atoms with Crippen LogP contribution in [0.15, 0.2) is 91.0 Å². The molecule has 13 heteroatoms. The molecule has 0 aliphatic carbocycles. The fraction of sp³-hybridized carbons (Fsp3) is 0.640. The summed E-state index contributed by atoms with van der Waals surface area (Å²) in [4.78, 5) is 0. The van der Waals surface area contributed by atoms with Gasteiger partial charge in [0.05, 0.1) is 45.2 Å². The van der Waals surface area contributed by atoms with E-state index in [-0.39, 0.29) is 32.3 Å². The summed E-state index contributed by atoms with van der Waals surface area (Å²) < 4.78 is 82.2. The lowest BCUT2D eigenvalue weighted by molar-refractivity contribution is -0.356. The summed E-state index contributed by atoms with van der Waals surface area (Å²) in [5.74, 6) is -2.41. The van der Waals surface area contributed by atoms with Gasteiger partial charge in [0.2, 0.25) is 14.1 Å². The van der Waals surface area contributed by atoms with Crippen molar-refractivity contribution in [3.63, 3.8) is 0 Å². The Hall–Kier alpha value is -2.60. The third kappa shape index (κ3) is 9.52. The lowest BCUT2D eigenvalue weighted by Gasteiger charge is -2.50. The maximum absolute atomic E-state index is 7.40. The topological polar surface area (TPSA) is 111 Å². The molecule has 0 amide bonds. The van der Waals surface area contributed by atoms with Crippen molar-refractivity contribution in [2.24, 2.45) is 5.92 Å². The number of rotatable bonds is 17. The Kier molecular flexibility index (Phi) is 14.4. The highest BCUT2D eigenvalue weighted by molar-refractivity contribution is 6.77. The van der Waals surface area contributed by atoms with Gasteiger partial charge in [-0.2, -0.15) is 0 Å². The van der Waals surface area contributed by atoms with Gasteiger partial charge in [0, 0.05) is 11.5 Å². The molecule has 4 unspecified atom stereocenters. The third-order valence-corrected chi connectivity index (χ3v) is 19.7. The molecule has 0 N–H and O–H groups in total. The first-order chi connectivity index (χ1) is 30.2. The largest absolute Gasteiger partial charge is 0.389 e. The van der Waals surface area contributed by atoms with Gasteiger partial charge in [-0.05, 0) is 48.5 Å². The van der Waals surface area contributed by atoms with Crippen LogP contribution in [0.5, 0.6) is 0 Å². The van der Waals surface area contributed by atoms with E-state index in [1.54, 1.807) is 0 Å². The molecule has 346 valence electrons. The normalized spacial score (nSPS) is 35.4. The molecule has 5 aliphatic heterocycles. The smallest absolute Gasteiger partial charge is 0.229 e. The van der Waals surface area contributed by atoms with Crippen molar-refractivity contribution in [2.75, 3.05) is 26.4 Å². The van der Waals surface area contributed by atoms with E-state index >= 15 is 0 Å². The van der Waals surface area contributed by atoms with Crippen LogP contribution >= 0.6 is 0 Å². The Labute approximate surface area is 375 Å². The van der Waals surface area contributed by atoms with Crippen molar-refractivity contribution in [1.82, 2.24) is 0 Å². The Morgan fingerprint density at radius 1 is 0.667 bits per heavy atom.